The van der Waals surface area contributed by atoms with E-state index in [0.29, 0.717) is 6.42 Å². The molecule has 0 N–H and O–H groups in total. The third-order valence-electron chi connectivity index (χ3n) is 1.91. The quantitative estimate of drug-likeness (QED) is 0.569. The van der Waals surface area contributed by atoms with Crippen LogP contribution in [0.3, 0.4) is 0 Å². The van der Waals surface area contributed by atoms with Gasteiger partial charge in [-0.15, -0.1) is 0 Å². The third kappa shape index (κ3) is 2.22. The monoisotopic (exact) mass is 172 g/mol. The van der Waals surface area contributed by atoms with Crippen LogP contribution in [-0.2, 0) is 19.1 Å². The van der Waals surface area contributed by atoms with Crippen LogP contribution in [0.15, 0.2) is 0 Å². The zero-order chi connectivity index (χ0) is 9.14. The summed E-state index contributed by atoms with van der Waals surface area (Å²) in [6.45, 7) is 3.43. The Balaban J connectivity index is 2.33. The molecule has 68 valence electrons. The van der Waals surface area contributed by atoms with Crippen molar-refractivity contribution < 1.29 is 19.1 Å². The van der Waals surface area contributed by atoms with Crippen LogP contribution in [0.1, 0.15) is 20.3 Å². The topological polar surface area (TPSA) is 52.6 Å². The Bertz CT molecular complexity index is 199. The Hall–Kier alpha value is -1.06. The van der Waals surface area contributed by atoms with E-state index in [1.165, 1.54) is 6.92 Å². The summed E-state index contributed by atoms with van der Waals surface area (Å²) < 4.78 is 9.65. The van der Waals surface area contributed by atoms with Gasteiger partial charge >= 0.3 is 11.9 Å². The lowest BCUT2D eigenvalue weighted by Gasteiger charge is -2.11. The van der Waals surface area contributed by atoms with Crippen molar-refractivity contribution >= 4 is 11.9 Å². The molecule has 1 fully saturated rings. The maximum absolute atomic E-state index is 10.7. The summed E-state index contributed by atoms with van der Waals surface area (Å²) >= 11 is 0. The van der Waals surface area contributed by atoms with Crippen molar-refractivity contribution in [2.45, 2.75) is 26.4 Å². The van der Waals surface area contributed by atoms with Crippen LogP contribution >= 0.6 is 0 Å². The van der Waals surface area contributed by atoms with Crippen molar-refractivity contribution in [3.05, 3.63) is 0 Å². The zero-order valence-electron chi connectivity index (χ0n) is 7.20. The molecule has 0 aromatic heterocycles. The molecule has 0 amide bonds. The molecular formula is C8H12O4. The van der Waals surface area contributed by atoms with Gasteiger partial charge in [0, 0.05) is 12.8 Å². The third-order valence-corrected chi connectivity index (χ3v) is 1.91. The van der Waals surface area contributed by atoms with Gasteiger partial charge in [0.1, 0.15) is 6.10 Å². The molecule has 0 radical (unpaired) electrons. The molecule has 1 saturated heterocycles. The molecule has 4 heteroatoms. The van der Waals surface area contributed by atoms with Gasteiger partial charge in [0.25, 0.3) is 0 Å². The molecule has 0 saturated carbocycles. The minimum Gasteiger partial charge on any atom is -0.465 e. The van der Waals surface area contributed by atoms with Crippen LogP contribution in [0.2, 0.25) is 0 Å². The summed E-state index contributed by atoms with van der Waals surface area (Å²) in [6.07, 6.45) is 0.228. The lowest BCUT2D eigenvalue weighted by molar-refractivity contribution is -0.142. The van der Waals surface area contributed by atoms with Crippen molar-refractivity contribution in [3.8, 4) is 0 Å². The summed E-state index contributed by atoms with van der Waals surface area (Å²) in [5.74, 6) is -0.498. The molecule has 1 heterocycles. The van der Waals surface area contributed by atoms with Crippen LogP contribution in [0.4, 0.5) is 0 Å². The highest BCUT2D eigenvalue weighted by molar-refractivity contribution is 5.72. The summed E-state index contributed by atoms with van der Waals surface area (Å²) in [4.78, 5) is 21.2. The zero-order valence-corrected chi connectivity index (χ0v) is 7.20. The van der Waals surface area contributed by atoms with E-state index < -0.39 is 0 Å². The highest BCUT2D eigenvalue weighted by atomic mass is 16.6. The Labute approximate surface area is 70.8 Å². The van der Waals surface area contributed by atoms with E-state index in [0.717, 1.165) is 0 Å². The molecule has 0 aromatic rings. The summed E-state index contributed by atoms with van der Waals surface area (Å²) in [5, 5.41) is 0. The Morgan fingerprint density at radius 3 is 2.83 bits per heavy atom. The maximum Gasteiger partial charge on any atom is 0.306 e. The van der Waals surface area contributed by atoms with Crippen molar-refractivity contribution in [3.63, 3.8) is 0 Å². The largest absolute Gasteiger partial charge is 0.465 e. The van der Waals surface area contributed by atoms with Crippen LogP contribution < -0.4 is 0 Å². The van der Waals surface area contributed by atoms with Crippen molar-refractivity contribution in [1.82, 2.24) is 0 Å². The van der Waals surface area contributed by atoms with E-state index in [2.05, 4.69) is 0 Å². The number of rotatable bonds is 2. The number of cyclic esters (lactones) is 1. The molecule has 0 unspecified atom stereocenters. The molecule has 2 atom stereocenters. The molecular weight excluding hydrogens is 160 g/mol. The SMILES string of the molecule is CC(=O)OC[C@H]1CC(=O)O[C@@H]1C. The first kappa shape index (κ1) is 9.03. The van der Waals surface area contributed by atoms with Crippen LogP contribution in [-0.4, -0.2) is 24.6 Å². The summed E-state index contributed by atoms with van der Waals surface area (Å²) in [6, 6.07) is 0. The van der Waals surface area contributed by atoms with Gasteiger partial charge in [0.15, 0.2) is 0 Å². The lowest BCUT2D eigenvalue weighted by Crippen LogP contribution is -2.18. The van der Waals surface area contributed by atoms with E-state index in [-0.39, 0.29) is 30.6 Å². The van der Waals surface area contributed by atoms with Gasteiger partial charge in [-0.1, -0.05) is 0 Å². The highest BCUT2D eigenvalue weighted by Crippen LogP contribution is 2.21. The second kappa shape index (κ2) is 3.56. The first-order valence-corrected chi connectivity index (χ1v) is 3.92. The number of carbonyl (C=O) groups excluding carboxylic acids is 2. The predicted molar refractivity (Wildman–Crippen MR) is 40.3 cm³/mol. The van der Waals surface area contributed by atoms with Gasteiger partial charge in [0.2, 0.25) is 0 Å². The molecule has 1 aliphatic heterocycles. The van der Waals surface area contributed by atoms with Gasteiger partial charge < -0.3 is 9.47 Å². The molecule has 1 rings (SSSR count). The van der Waals surface area contributed by atoms with Gasteiger partial charge in [0.05, 0.1) is 13.0 Å². The van der Waals surface area contributed by atoms with E-state index in [4.69, 9.17) is 9.47 Å². The lowest BCUT2D eigenvalue weighted by atomic mass is 10.0. The number of esters is 2. The number of hydrogen-bond acceptors (Lipinski definition) is 4. The molecule has 0 bridgehead atoms. The second-order valence-electron chi connectivity index (χ2n) is 2.96. The number of hydrogen-bond donors (Lipinski definition) is 0. The minimum atomic E-state index is -0.318. The van der Waals surface area contributed by atoms with E-state index in [1.807, 2.05) is 0 Å². The second-order valence-corrected chi connectivity index (χ2v) is 2.96. The molecule has 0 spiro atoms. The fourth-order valence-electron chi connectivity index (χ4n) is 1.15. The standard InChI is InChI=1S/C8H12O4/c1-5-7(3-8(10)12-5)4-11-6(2)9/h5,7H,3-4H2,1-2H3/t5-,7-/m1/s1. The molecule has 0 aromatic carbocycles. The fourth-order valence-corrected chi connectivity index (χ4v) is 1.15. The predicted octanol–water partition coefficient (Wildman–Crippen LogP) is 0.501. The summed E-state index contributed by atoms with van der Waals surface area (Å²) in [5.41, 5.74) is 0. The van der Waals surface area contributed by atoms with E-state index in [1.54, 1.807) is 6.92 Å². The Morgan fingerprint density at radius 2 is 2.42 bits per heavy atom. The van der Waals surface area contributed by atoms with Crippen LogP contribution in [0, 0.1) is 5.92 Å². The summed E-state index contributed by atoms with van der Waals surface area (Å²) in [7, 11) is 0. The van der Waals surface area contributed by atoms with Gasteiger partial charge in [-0.2, -0.15) is 0 Å². The van der Waals surface area contributed by atoms with Crippen LogP contribution in [0.25, 0.3) is 0 Å². The minimum absolute atomic E-state index is 0.0291. The highest BCUT2D eigenvalue weighted by Gasteiger charge is 2.31. The van der Waals surface area contributed by atoms with E-state index >= 15 is 0 Å². The van der Waals surface area contributed by atoms with Crippen molar-refractivity contribution in [2.75, 3.05) is 6.61 Å². The Kier molecular flexibility index (Phi) is 2.68. The van der Waals surface area contributed by atoms with Crippen molar-refractivity contribution in [2.24, 2.45) is 5.92 Å². The first-order chi connectivity index (χ1) is 5.59. The van der Waals surface area contributed by atoms with E-state index in [9.17, 15) is 9.59 Å². The number of ether oxygens (including phenoxy) is 2. The average Bonchev–Trinajstić information content (AvgIpc) is 2.26. The number of carbonyl (C=O) groups is 2. The van der Waals surface area contributed by atoms with Gasteiger partial charge in [-0.25, -0.2) is 0 Å². The molecule has 4 nitrogen and oxygen atoms in total. The molecule has 12 heavy (non-hydrogen) atoms. The van der Waals surface area contributed by atoms with Gasteiger partial charge in [-0.05, 0) is 6.92 Å². The maximum atomic E-state index is 10.7. The molecule has 1 aliphatic rings. The Morgan fingerprint density at radius 1 is 1.75 bits per heavy atom. The fraction of sp³-hybridized carbons (Fsp3) is 0.750. The average molecular weight is 172 g/mol. The van der Waals surface area contributed by atoms with Crippen LogP contribution in [0.5, 0.6) is 0 Å². The smallest absolute Gasteiger partial charge is 0.306 e. The first-order valence-electron chi connectivity index (χ1n) is 3.92. The normalized spacial score (nSPS) is 28.3. The molecule has 0 aliphatic carbocycles. The van der Waals surface area contributed by atoms with Gasteiger partial charge in [-0.3, -0.25) is 9.59 Å². The van der Waals surface area contributed by atoms with Crippen molar-refractivity contribution in [1.29, 1.82) is 0 Å².